The van der Waals surface area contributed by atoms with E-state index in [1.165, 1.54) is 0 Å². The Bertz CT molecular complexity index is 538. The van der Waals surface area contributed by atoms with Crippen molar-refractivity contribution in [3.05, 3.63) is 33.3 Å². The first-order valence-electron chi connectivity index (χ1n) is 4.82. The Balaban J connectivity index is 3.51. The Kier molecular flexibility index (Phi) is 4.58. The van der Waals surface area contributed by atoms with Crippen molar-refractivity contribution in [2.45, 2.75) is 23.9 Å². The van der Waals surface area contributed by atoms with Crippen LogP contribution in [-0.4, -0.2) is 18.0 Å². The van der Waals surface area contributed by atoms with Crippen LogP contribution in [0.25, 0.3) is 0 Å². The highest BCUT2D eigenvalue weighted by molar-refractivity contribution is 9.10. The number of hydrogen-bond donors (Lipinski definition) is 0. The van der Waals surface area contributed by atoms with E-state index in [4.69, 9.17) is 11.6 Å². The second-order valence-electron chi connectivity index (χ2n) is 3.85. The summed E-state index contributed by atoms with van der Waals surface area (Å²) in [4.78, 5) is 0. The molecule has 0 amide bonds. The second-order valence-corrected chi connectivity index (χ2v) is 5.14. The first kappa shape index (κ1) is 18.4. The summed E-state index contributed by atoms with van der Waals surface area (Å²) in [6.45, 7) is 0. The zero-order valence-electron chi connectivity index (χ0n) is 9.39. The maximum Gasteiger partial charge on any atom is 0.460 e. The van der Waals surface area contributed by atoms with E-state index in [2.05, 4.69) is 15.9 Å². The largest absolute Gasteiger partial charge is 0.460 e. The summed E-state index contributed by atoms with van der Waals surface area (Å²) in [5.74, 6) is -19.5. The van der Waals surface area contributed by atoms with Gasteiger partial charge in [-0.1, -0.05) is 27.5 Å². The molecule has 1 aromatic carbocycles. The van der Waals surface area contributed by atoms with Gasteiger partial charge in [0.1, 0.15) is 0 Å². The lowest BCUT2D eigenvalue weighted by atomic mass is 9.97. The molecule has 0 fully saturated rings. The zero-order valence-corrected chi connectivity index (χ0v) is 11.7. The predicted octanol–water partition coefficient (Wildman–Crippen LogP) is 6.03. The van der Waals surface area contributed by atoms with Crippen molar-refractivity contribution in [2.75, 3.05) is 0 Å². The van der Waals surface area contributed by atoms with Crippen LogP contribution >= 0.6 is 27.5 Å². The third-order valence-electron chi connectivity index (χ3n) is 2.41. The highest BCUT2D eigenvalue weighted by Gasteiger charge is 2.82. The van der Waals surface area contributed by atoms with Crippen LogP contribution in [0.2, 0.25) is 5.02 Å². The van der Waals surface area contributed by atoms with Crippen LogP contribution in [0, 0.1) is 0 Å². The molecule has 1 rings (SSSR count). The summed E-state index contributed by atoms with van der Waals surface area (Å²) < 4.78 is 114. The Morgan fingerprint density at radius 2 is 1.29 bits per heavy atom. The molecule has 0 aliphatic rings. The van der Waals surface area contributed by atoms with Crippen LogP contribution in [0.15, 0.2) is 22.7 Å². The fraction of sp³-hybridized carbons (Fsp3) is 0.400. The molecule has 0 aliphatic heterocycles. The maximum atomic E-state index is 13.6. The van der Waals surface area contributed by atoms with E-state index in [1.807, 2.05) is 0 Å². The molecule has 0 N–H and O–H groups in total. The van der Waals surface area contributed by atoms with Gasteiger partial charge in [0.2, 0.25) is 0 Å². The fourth-order valence-electron chi connectivity index (χ4n) is 1.28. The highest BCUT2D eigenvalue weighted by Crippen LogP contribution is 2.57. The molecule has 0 bridgehead atoms. The van der Waals surface area contributed by atoms with Gasteiger partial charge in [-0.2, -0.15) is 39.5 Å². The number of halogens is 11. The Morgan fingerprint density at radius 1 is 0.810 bits per heavy atom. The van der Waals surface area contributed by atoms with Gasteiger partial charge in [-0.3, -0.25) is 0 Å². The second kappa shape index (κ2) is 5.22. The van der Waals surface area contributed by atoms with Crippen molar-refractivity contribution in [2.24, 2.45) is 0 Å². The minimum atomic E-state index is -6.94. The normalized spacial score (nSPS) is 14.4. The van der Waals surface area contributed by atoms with E-state index in [0.717, 1.165) is 6.07 Å². The number of benzene rings is 1. The zero-order chi connectivity index (χ0) is 16.9. The van der Waals surface area contributed by atoms with Gasteiger partial charge in [0.15, 0.2) is 0 Å². The van der Waals surface area contributed by atoms with Crippen LogP contribution in [0.3, 0.4) is 0 Å². The molecule has 11 heteroatoms. The third-order valence-corrected chi connectivity index (χ3v) is 3.34. The fourth-order valence-corrected chi connectivity index (χ4v) is 1.95. The molecule has 0 saturated carbocycles. The van der Waals surface area contributed by atoms with Gasteiger partial charge in [0.25, 0.3) is 0 Å². The average molecular weight is 409 g/mol. The number of alkyl halides is 9. The van der Waals surface area contributed by atoms with E-state index in [1.54, 1.807) is 0 Å². The molecule has 120 valence electrons. The summed E-state index contributed by atoms with van der Waals surface area (Å²) in [5, 5.41) is -0.543. The van der Waals surface area contributed by atoms with Gasteiger partial charge in [0, 0.05) is 15.1 Å². The van der Waals surface area contributed by atoms with Crippen LogP contribution in [0.5, 0.6) is 0 Å². The Labute approximate surface area is 125 Å². The lowest BCUT2D eigenvalue weighted by Crippen LogP contribution is -2.59. The minimum Gasteiger partial charge on any atom is -0.194 e. The number of hydrogen-bond acceptors (Lipinski definition) is 0. The lowest BCUT2D eigenvalue weighted by Gasteiger charge is -2.34. The molecule has 21 heavy (non-hydrogen) atoms. The van der Waals surface area contributed by atoms with Crippen LogP contribution in [0.1, 0.15) is 5.56 Å². The van der Waals surface area contributed by atoms with Crippen molar-refractivity contribution >= 4 is 27.5 Å². The molecular weight excluding hydrogens is 406 g/mol. The van der Waals surface area contributed by atoms with E-state index < -0.39 is 39.0 Å². The van der Waals surface area contributed by atoms with Gasteiger partial charge < -0.3 is 0 Å². The summed E-state index contributed by atoms with van der Waals surface area (Å²) >= 11 is 7.65. The predicted molar refractivity (Wildman–Crippen MR) is 59.0 cm³/mol. The summed E-state index contributed by atoms with van der Waals surface area (Å²) in [5.41, 5.74) is -1.79. The summed E-state index contributed by atoms with van der Waals surface area (Å²) in [6.07, 6.45) is -6.86. The summed E-state index contributed by atoms with van der Waals surface area (Å²) in [6, 6.07) is 1.84. The highest BCUT2D eigenvalue weighted by atomic mass is 79.9. The van der Waals surface area contributed by atoms with Crippen molar-refractivity contribution < 1.29 is 39.5 Å². The molecule has 0 unspecified atom stereocenters. The SMILES string of the molecule is FC(F)(F)C(F)(F)C(F)(F)C(F)(F)c1cc(Cl)ccc1Br. The molecule has 0 atom stereocenters. The Morgan fingerprint density at radius 3 is 1.71 bits per heavy atom. The number of rotatable bonds is 3. The first-order chi connectivity index (χ1) is 9.16. The van der Waals surface area contributed by atoms with Crippen molar-refractivity contribution in [3.63, 3.8) is 0 Å². The quantitative estimate of drug-likeness (QED) is 0.535. The van der Waals surface area contributed by atoms with Gasteiger partial charge in [-0.25, -0.2) is 0 Å². The molecular formula is C10H3BrClF9. The van der Waals surface area contributed by atoms with Crippen molar-refractivity contribution in [1.82, 2.24) is 0 Å². The van der Waals surface area contributed by atoms with Gasteiger partial charge in [-0.15, -0.1) is 0 Å². The van der Waals surface area contributed by atoms with Crippen molar-refractivity contribution in [1.29, 1.82) is 0 Å². The standard InChI is InChI=1S/C10H3BrClF9/c11-6-2-1-4(12)3-5(6)7(13,14)8(15,16)9(17,18)10(19,20)21/h1-3H. The van der Waals surface area contributed by atoms with Gasteiger partial charge in [0.05, 0.1) is 0 Å². The van der Waals surface area contributed by atoms with E-state index in [-0.39, 0.29) is 6.07 Å². The van der Waals surface area contributed by atoms with Crippen molar-refractivity contribution in [3.8, 4) is 0 Å². The third kappa shape index (κ3) is 2.84. The molecule has 0 heterocycles. The minimum absolute atomic E-state index is 0.173. The van der Waals surface area contributed by atoms with E-state index in [0.29, 0.717) is 6.07 Å². The summed E-state index contributed by atoms with van der Waals surface area (Å²) in [7, 11) is 0. The Hall–Kier alpha value is -0.640. The molecule has 1 aromatic rings. The monoisotopic (exact) mass is 408 g/mol. The molecule has 0 aromatic heterocycles. The van der Waals surface area contributed by atoms with Gasteiger partial charge >= 0.3 is 23.9 Å². The average Bonchev–Trinajstić information content (AvgIpc) is 2.30. The lowest BCUT2D eigenvalue weighted by molar-refractivity contribution is -0.399. The topological polar surface area (TPSA) is 0 Å². The molecule has 0 aliphatic carbocycles. The van der Waals surface area contributed by atoms with Crippen LogP contribution in [-0.2, 0) is 5.92 Å². The molecule has 0 radical (unpaired) electrons. The van der Waals surface area contributed by atoms with Crippen LogP contribution < -0.4 is 0 Å². The van der Waals surface area contributed by atoms with Gasteiger partial charge in [-0.05, 0) is 18.2 Å². The van der Waals surface area contributed by atoms with E-state index in [9.17, 15) is 39.5 Å². The molecule has 0 nitrogen and oxygen atoms in total. The molecule has 0 saturated heterocycles. The van der Waals surface area contributed by atoms with E-state index >= 15 is 0 Å². The first-order valence-corrected chi connectivity index (χ1v) is 5.99. The molecule has 0 spiro atoms. The smallest absolute Gasteiger partial charge is 0.194 e. The van der Waals surface area contributed by atoms with Crippen LogP contribution in [0.4, 0.5) is 39.5 Å². The maximum absolute atomic E-state index is 13.6.